The van der Waals surface area contributed by atoms with Crippen LogP contribution in [0.15, 0.2) is 53.4 Å². The number of benzene rings is 2. The summed E-state index contributed by atoms with van der Waals surface area (Å²) in [6.07, 6.45) is 0.129. The van der Waals surface area contributed by atoms with E-state index in [0.717, 1.165) is 5.56 Å². The summed E-state index contributed by atoms with van der Waals surface area (Å²) in [4.78, 5) is 7.75. The topological polar surface area (TPSA) is 98.6 Å². The lowest BCUT2D eigenvalue weighted by molar-refractivity contribution is 0.582. The van der Waals surface area contributed by atoms with Crippen LogP contribution in [0.1, 0.15) is 6.42 Å². The molecule has 0 radical (unpaired) electrons. The molecule has 23 heavy (non-hydrogen) atoms. The highest BCUT2D eigenvalue weighted by atomic mass is 32.2. The SMILES string of the molecule is N#CCCNS(=O)(=O)c1ccc2nc(-c3ccccc3)[nH]c2c1. The van der Waals surface area contributed by atoms with Gasteiger partial charge in [-0.2, -0.15) is 5.26 Å². The molecule has 0 aliphatic carbocycles. The van der Waals surface area contributed by atoms with Crippen LogP contribution >= 0.6 is 0 Å². The Hall–Kier alpha value is -2.69. The van der Waals surface area contributed by atoms with E-state index >= 15 is 0 Å². The molecule has 7 heteroatoms. The third-order valence-corrected chi connectivity index (χ3v) is 4.80. The number of H-pyrrole nitrogens is 1. The molecular weight excluding hydrogens is 312 g/mol. The molecule has 0 saturated heterocycles. The van der Waals surface area contributed by atoms with Gasteiger partial charge >= 0.3 is 0 Å². The smallest absolute Gasteiger partial charge is 0.240 e. The van der Waals surface area contributed by atoms with E-state index in [4.69, 9.17) is 5.26 Å². The normalized spacial score (nSPS) is 11.4. The molecule has 2 aromatic carbocycles. The maximum absolute atomic E-state index is 12.2. The van der Waals surface area contributed by atoms with E-state index in [2.05, 4.69) is 14.7 Å². The van der Waals surface area contributed by atoms with Crippen LogP contribution in [0.3, 0.4) is 0 Å². The minimum absolute atomic E-state index is 0.0924. The van der Waals surface area contributed by atoms with Gasteiger partial charge in [-0.3, -0.25) is 0 Å². The van der Waals surface area contributed by atoms with Gasteiger partial charge in [0.1, 0.15) is 5.82 Å². The molecule has 3 aromatic rings. The van der Waals surface area contributed by atoms with Crippen LogP contribution in [-0.4, -0.2) is 24.9 Å². The summed E-state index contributed by atoms with van der Waals surface area (Å²) in [5, 5.41) is 8.49. The Labute approximate surface area is 133 Å². The Morgan fingerprint density at radius 2 is 1.96 bits per heavy atom. The molecule has 0 unspecified atom stereocenters. The Bertz CT molecular complexity index is 972. The monoisotopic (exact) mass is 326 g/mol. The van der Waals surface area contributed by atoms with E-state index in [-0.39, 0.29) is 17.9 Å². The number of sulfonamides is 1. The number of aromatic nitrogens is 2. The van der Waals surface area contributed by atoms with Gasteiger partial charge in [0.05, 0.1) is 22.0 Å². The summed E-state index contributed by atoms with van der Waals surface area (Å²) in [5.41, 5.74) is 2.27. The first-order valence-electron chi connectivity index (χ1n) is 7.02. The molecule has 1 heterocycles. The van der Waals surface area contributed by atoms with Gasteiger partial charge in [-0.15, -0.1) is 0 Å². The zero-order valence-electron chi connectivity index (χ0n) is 12.2. The molecule has 0 spiro atoms. The van der Waals surface area contributed by atoms with Gasteiger partial charge in [-0.1, -0.05) is 30.3 Å². The summed E-state index contributed by atoms with van der Waals surface area (Å²) < 4.78 is 26.7. The highest BCUT2D eigenvalue weighted by Crippen LogP contribution is 2.22. The Morgan fingerprint density at radius 1 is 1.17 bits per heavy atom. The van der Waals surface area contributed by atoms with Gasteiger partial charge in [0.2, 0.25) is 10.0 Å². The summed E-state index contributed by atoms with van der Waals surface area (Å²) in [6.45, 7) is 0.0924. The first-order chi connectivity index (χ1) is 11.1. The van der Waals surface area contributed by atoms with Crippen molar-refractivity contribution in [3.8, 4) is 17.5 Å². The van der Waals surface area contributed by atoms with Crippen molar-refractivity contribution in [3.63, 3.8) is 0 Å². The van der Waals surface area contributed by atoms with Crippen molar-refractivity contribution in [2.45, 2.75) is 11.3 Å². The van der Waals surface area contributed by atoms with E-state index in [0.29, 0.717) is 16.9 Å². The van der Waals surface area contributed by atoms with Crippen LogP contribution in [0.2, 0.25) is 0 Å². The second-order valence-corrected chi connectivity index (χ2v) is 6.70. The summed E-state index contributed by atoms with van der Waals surface area (Å²) >= 11 is 0. The summed E-state index contributed by atoms with van der Waals surface area (Å²) in [5.74, 6) is 0.688. The van der Waals surface area contributed by atoms with Crippen LogP contribution in [0.25, 0.3) is 22.4 Å². The molecule has 6 nitrogen and oxygen atoms in total. The lowest BCUT2D eigenvalue weighted by atomic mass is 10.2. The molecule has 0 aliphatic heterocycles. The third-order valence-electron chi connectivity index (χ3n) is 3.34. The molecule has 0 saturated carbocycles. The Balaban J connectivity index is 1.95. The lowest BCUT2D eigenvalue weighted by Crippen LogP contribution is -2.24. The number of nitrogens with zero attached hydrogens (tertiary/aromatic N) is 2. The molecule has 1 aromatic heterocycles. The molecule has 0 fully saturated rings. The highest BCUT2D eigenvalue weighted by Gasteiger charge is 2.15. The van der Waals surface area contributed by atoms with E-state index in [1.807, 2.05) is 36.4 Å². The molecule has 0 atom stereocenters. The van der Waals surface area contributed by atoms with Crippen LogP contribution < -0.4 is 4.72 Å². The first-order valence-corrected chi connectivity index (χ1v) is 8.50. The fourth-order valence-electron chi connectivity index (χ4n) is 2.21. The number of rotatable bonds is 5. The average Bonchev–Trinajstić information content (AvgIpc) is 2.99. The van der Waals surface area contributed by atoms with Crippen LogP contribution in [0, 0.1) is 11.3 Å². The van der Waals surface area contributed by atoms with E-state index in [9.17, 15) is 8.42 Å². The Morgan fingerprint density at radius 3 is 2.70 bits per heavy atom. The van der Waals surface area contributed by atoms with Gasteiger partial charge in [0, 0.05) is 18.5 Å². The first kappa shape index (κ1) is 15.2. The zero-order valence-corrected chi connectivity index (χ0v) is 13.0. The molecular formula is C16H14N4O2S. The zero-order chi connectivity index (χ0) is 16.3. The minimum atomic E-state index is -3.63. The van der Waals surface area contributed by atoms with Crippen molar-refractivity contribution in [1.82, 2.24) is 14.7 Å². The van der Waals surface area contributed by atoms with Crippen molar-refractivity contribution in [2.24, 2.45) is 0 Å². The van der Waals surface area contributed by atoms with E-state index in [1.165, 1.54) is 6.07 Å². The standard InChI is InChI=1S/C16H14N4O2S/c17-9-4-10-18-23(21,22)13-7-8-14-15(11-13)20-16(19-14)12-5-2-1-3-6-12/h1-3,5-8,11,18H,4,10H2,(H,19,20). The molecule has 0 aliphatic rings. The lowest BCUT2D eigenvalue weighted by Gasteiger charge is -2.04. The molecule has 0 bridgehead atoms. The molecule has 2 N–H and O–H groups in total. The van der Waals surface area contributed by atoms with E-state index < -0.39 is 10.0 Å². The predicted octanol–water partition coefficient (Wildman–Crippen LogP) is 2.42. The van der Waals surface area contributed by atoms with Crippen molar-refractivity contribution < 1.29 is 8.42 Å². The predicted molar refractivity (Wildman–Crippen MR) is 86.9 cm³/mol. The minimum Gasteiger partial charge on any atom is -0.338 e. The number of hydrogen-bond donors (Lipinski definition) is 2. The van der Waals surface area contributed by atoms with Crippen LogP contribution in [-0.2, 0) is 10.0 Å². The fraction of sp³-hybridized carbons (Fsp3) is 0.125. The summed E-state index contributed by atoms with van der Waals surface area (Å²) in [6, 6.07) is 16.2. The van der Waals surface area contributed by atoms with Gasteiger partial charge in [-0.05, 0) is 18.2 Å². The molecule has 3 rings (SSSR count). The van der Waals surface area contributed by atoms with Crippen LogP contribution in [0.4, 0.5) is 0 Å². The van der Waals surface area contributed by atoms with Crippen LogP contribution in [0.5, 0.6) is 0 Å². The van der Waals surface area contributed by atoms with E-state index in [1.54, 1.807) is 12.1 Å². The second-order valence-electron chi connectivity index (χ2n) is 4.94. The third kappa shape index (κ3) is 3.23. The maximum atomic E-state index is 12.2. The number of nitriles is 1. The number of nitrogens with one attached hydrogen (secondary N) is 2. The van der Waals surface area contributed by atoms with Gasteiger partial charge in [0.15, 0.2) is 0 Å². The Kier molecular flexibility index (Phi) is 4.10. The molecule has 116 valence electrons. The fourth-order valence-corrected chi connectivity index (χ4v) is 3.27. The summed E-state index contributed by atoms with van der Waals surface area (Å²) in [7, 11) is -3.63. The maximum Gasteiger partial charge on any atom is 0.240 e. The van der Waals surface area contributed by atoms with Crippen molar-refractivity contribution in [3.05, 3.63) is 48.5 Å². The second kappa shape index (κ2) is 6.20. The average molecular weight is 326 g/mol. The number of hydrogen-bond acceptors (Lipinski definition) is 4. The largest absolute Gasteiger partial charge is 0.338 e. The van der Waals surface area contributed by atoms with Crippen molar-refractivity contribution >= 4 is 21.1 Å². The van der Waals surface area contributed by atoms with Crippen molar-refractivity contribution in [1.29, 1.82) is 5.26 Å². The quantitative estimate of drug-likeness (QED) is 0.703. The highest BCUT2D eigenvalue weighted by molar-refractivity contribution is 7.89. The number of fused-ring (bicyclic) bond motifs is 1. The number of imidazole rings is 1. The molecule has 0 amide bonds. The van der Waals surface area contributed by atoms with Gasteiger partial charge in [-0.25, -0.2) is 18.1 Å². The van der Waals surface area contributed by atoms with Gasteiger partial charge in [0.25, 0.3) is 0 Å². The van der Waals surface area contributed by atoms with Gasteiger partial charge < -0.3 is 4.98 Å². The van der Waals surface area contributed by atoms with Crippen molar-refractivity contribution in [2.75, 3.05) is 6.54 Å². The number of aromatic amines is 1.